The van der Waals surface area contributed by atoms with Crippen molar-refractivity contribution in [1.29, 1.82) is 0 Å². The van der Waals surface area contributed by atoms with E-state index in [2.05, 4.69) is 18.8 Å². The Morgan fingerprint density at radius 1 is 0.815 bits per heavy atom. The molecular weight excluding hydrogens is 338 g/mol. The predicted octanol–water partition coefficient (Wildman–Crippen LogP) is 6.28. The van der Waals surface area contributed by atoms with Crippen molar-refractivity contribution in [2.24, 2.45) is 4.99 Å². The fourth-order valence-electron chi connectivity index (χ4n) is 2.55. The minimum absolute atomic E-state index is 0.171. The van der Waals surface area contributed by atoms with Crippen molar-refractivity contribution in [3.05, 3.63) is 48.0 Å². The van der Waals surface area contributed by atoms with Gasteiger partial charge in [0.05, 0.1) is 18.9 Å². The summed E-state index contributed by atoms with van der Waals surface area (Å²) >= 11 is 0. The Morgan fingerprint density at radius 2 is 1.48 bits per heavy atom. The molecule has 0 heterocycles. The van der Waals surface area contributed by atoms with Crippen LogP contribution in [0.4, 0.5) is 5.69 Å². The zero-order valence-corrected chi connectivity index (χ0v) is 16.5. The van der Waals surface area contributed by atoms with Crippen LogP contribution in [0.3, 0.4) is 0 Å². The second-order valence-electron chi connectivity index (χ2n) is 6.58. The molecule has 0 aromatic heterocycles. The first-order valence-electron chi connectivity index (χ1n) is 9.95. The van der Waals surface area contributed by atoms with Crippen LogP contribution in [0.15, 0.2) is 47.5 Å². The Morgan fingerprint density at radius 3 is 2.19 bits per heavy atom. The van der Waals surface area contributed by atoms with Gasteiger partial charge in [-0.1, -0.05) is 39.5 Å². The molecule has 0 unspecified atom stereocenters. The second-order valence-corrected chi connectivity index (χ2v) is 6.58. The van der Waals surface area contributed by atoms with Crippen molar-refractivity contribution in [3.63, 3.8) is 0 Å². The van der Waals surface area contributed by atoms with E-state index in [9.17, 15) is 5.11 Å². The zero-order chi connectivity index (χ0) is 19.3. The number of hydrogen-bond acceptors (Lipinski definition) is 4. The van der Waals surface area contributed by atoms with E-state index in [0.717, 1.165) is 37.3 Å². The van der Waals surface area contributed by atoms with Crippen LogP contribution in [0.5, 0.6) is 17.2 Å². The molecule has 2 aromatic rings. The van der Waals surface area contributed by atoms with Crippen LogP contribution in [0.2, 0.25) is 0 Å². The van der Waals surface area contributed by atoms with E-state index in [1.54, 1.807) is 12.3 Å². The van der Waals surface area contributed by atoms with Crippen LogP contribution in [0.1, 0.15) is 57.9 Å². The largest absolute Gasteiger partial charge is 0.507 e. The lowest BCUT2D eigenvalue weighted by molar-refractivity contribution is 0.303. The highest BCUT2D eigenvalue weighted by Crippen LogP contribution is 2.24. The Labute approximate surface area is 162 Å². The summed E-state index contributed by atoms with van der Waals surface area (Å²) in [6.07, 6.45) is 8.49. The lowest BCUT2D eigenvalue weighted by Crippen LogP contribution is -1.97. The van der Waals surface area contributed by atoms with Gasteiger partial charge in [-0.3, -0.25) is 4.99 Å². The minimum atomic E-state index is 0.171. The van der Waals surface area contributed by atoms with Crippen LogP contribution in [0, 0.1) is 0 Å². The van der Waals surface area contributed by atoms with Crippen LogP contribution in [0.25, 0.3) is 0 Å². The summed E-state index contributed by atoms with van der Waals surface area (Å²) in [6.45, 7) is 5.75. The summed E-state index contributed by atoms with van der Waals surface area (Å²) in [5.74, 6) is 1.71. The summed E-state index contributed by atoms with van der Waals surface area (Å²) in [7, 11) is 0. The minimum Gasteiger partial charge on any atom is -0.507 e. The van der Waals surface area contributed by atoms with Crippen molar-refractivity contribution in [3.8, 4) is 17.2 Å². The molecule has 0 aliphatic rings. The molecule has 0 amide bonds. The van der Waals surface area contributed by atoms with Gasteiger partial charge in [0, 0.05) is 17.8 Å². The number of hydrogen-bond donors (Lipinski definition) is 1. The average molecular weight is 370 g/mol. The Bertz CT molecular complexity index is 695. The quantitative estimate of drug-likeness (QED) is 0.354. The highest BCUT2D eigenvalue weighted by atomic mass is 16.5. The molecule has 0 bridgehead atoms. The Hall–Kier alpha value is -2.49. The second kappa shape index (κ2) is 12.0. The monoisotopic (exact) mass is 369 g/mol. The highest BCUT2D eigenvalue weighted by molar-refractivity contribution is 5.85. The highest BCUT2D eigenvalue weighted by Gasteiger charge is 2.02. The van der Waals surface area contributed by atoms with E-state index in [-0.39, 0.29) is 5.75 Å². The number of unbranched alkanes of at least 4 members (excludes halogenated alkanes) is 4. The molecule has 0 saturated carbocycles. The van der Waals surface area contributed by atoms with Gasteiger partial charge in [-0.2, -0.15) is 0 Å². The first-order valence-corrected chi connectivity index (χ1v) is 9.95. The number of benzene rings is 2. The van der Waals surface area contributed by atoms with Crippen molar-refractivity contribution in [2.45, 2.75) is 52.4 Å². The molecule has 0 atom stereocenters. The Kier molecular flexibility index (Phi) is 9.25. The van der Waals surface area contributed by atoms with Gasteiger partial charge in [0.1, 0.15) is 17.2 Å². The maximum atomic E-state index is 10.2. The molecule has 4 nitrogen and oxygen atoms in total. The molecular formula is C23H31NO3. The number of phenols is 1. The van der Waals surface area contributed by atoms with Gasteiger partial charge in [0.2, 0.25) is 0 Å². The third kappa shape index (κ3) is 7.73. The third-order valence-corrected chi connectivity index (χ3v) is 4.22. The van der Waals surface area contributed by atoms with Gasteiger partial charge in [-0.05, 0) is 49.2 Å². The first kappa shape index (κ1) is 20.8. The number of nitrogens with zero attached hydrogens (tertiary/aromatic N) is 1. The molecule has 0 aliphatic carbocycles. The molecule has 146 valence electrons. The first-order chi connectivity index (χ1) is 13.2. The SMILES string of the molecule is CCCCCCOc1ccc(C=Nc2ccc(OCCCC)cc2)c(O)c1. The van der Waals surface area contributed by atoms with Crippen LogP contribution < -0.4 is 9.47 Å². The number of aromatic hydroxyl groups is 1. The van der Waals surface area contributed by atoms with E-state index in [1.807, 2.05) is 36.4 Å². The fraction of sp³-hybridized carbons (Fsp3) is 0.435. The van der Waals surface area contributed by atoms with Crippen LogP contribution >= 0.6 is 0 Å². The van der Waals surface area contributed by atoms with E-state index < -0.39 is 0 Å². The molecule has 1 N–H and O–H groups in total. The van der Waals surface area contributed by atoms with Crippen molar-refractivity contribution >= 4 is 11.9 Å². The molecule has 0 fully saturated rings. The lowest BCUT2D eigenvalue weighted by Gasteiger charge is -2.07. The van der Waals surface area contributed by atoms with Gasteiger partial charge < -0.3 is 14.6 Å². The molecule has 2 aromatic carbocycles. The molecule has 2 rings (SSSR count). The van der Waals surface area contributed by atoms with Gasteiger partial charge in [-0.25, -0.2) is 0 Å². The molecule has 0 saturated heterocycles. The van der Waals surface area contributed by atoms with E-state index in [1.165, 1.54) is 19.3 Å². The van der Waals surface area contributed by atoms with Gasteiger partial charge >= 0.3 is 0 Å². The third-order valence-electron chi connectivity index (χ3n) is 4.22. The van der Waals surface area contributed by atoms with Crippen LogP contribution in [-0.2, 0) is 0 Å². The summed E-state index contributed by atoms with van der Waals surface area (Å²) in [6, 6.07) is 13.0. The van der Waals surface area contributed by atoms with Crippen molar-refractivity contribution in [2.75, 3.05) is 13.2 Å². The molecule has 0 spiro atoms. The van der Waals surface area contributed by atoms with E-state index in [4.69, 9.17) is 9.47 Å². The fourth-order valence-corrected chi connectivity index (χ4v) is 2.55. The van der Waals surface area contributed by atoms with Gasteiger partial charge in [0.15, 0.2) is 0 Å². The van der Waals surface area contributed by atoms with Gasteiger partial charge in [0.25, 0.3) is 0 Å². The number of ether oxygens (including phenoxy) is 2. The smallest absolute Gasteiger partial charge is 0.128 e. The van der Waals surface area contributed by atoms with Crippen LogP contribution in [-0.4, -0.2) is 24.5 Å². The summed E-state index contributed by atoms with van der Waals surface area (Å²) < 4.78 is 11.3. The lowest BCUT2D eigenvalue weighted by atomic mass is 10.2. The molecule has 27 heavy (non-hydrogen) atoms. The summed E-state index contributed by atoms with van der Waals surface area (Å²) in [5, 5.41) is 10.2. The maximum absolute atomic E-state index is 10.2. The normalized spacial score (nSPS) is 11.0. The van der Waals surface area contributed by atoms with Crippen molar-refractivity contribution in [1.82, 2.24) is 0 Å². The molecule has 4 heteroatoms. The Balaban J connectivity index is 1.87. The van der Waals surface area contributed by atoms with E-state index >= 15 is 0 Å². The average Bonchev–Trinajstić information content (AvgIpc) is 2.68. The predicted molar refractivity (Wildman–Crippen MR) is 112 cm³/mol. The number of rotatable bonds is 12. The summed E-state index contributed by atoms with van der Waals surface area (Å²) in [5.41, 5.74) is 1.48. The summed E-state index contributed by atoms with van der Waals surface area (Å²) in [4.78, 5) is 4.42. The van der Waals surface area contributed by atoms with Crippen molar-refractivity contribution < 1.29 is 14.6 Å². The maximum Gasteiger partial charge on any atom is 0.128 e. The number of phenolic OH excluding ortho intramolecular Hbond substituents is 1. The van der Waals surface area contributed by atoms with E-state index in [0.29, 0.717) is 17.9 Å². The zero-order valence-electron chi connectivity index (χ0n) is 16.5. The molecule has 0 radical (unpaired) electrons. The molecule has 0 aliphatic heterocycles. The topological polar surface area (TPSA) is 51.0 Å². The van der Waals surface area contributed by atoms with Gasteiger partial charge in [-0.15, -0.1) is 0 Å². The standard InChI is InChI=1S/C23H31NO3/c1-3-5-7-8-16-27-22-12-9-19(23(25)17-22)18-24-20-10-13-21(14-11-20)26-15-6-4-2/h9-14,17-18,25H,3-8,15-16H2,1-2H3. The number of aliphatic imine (C=N–C) groups is 1.